The predicted molar refractivity (Wildman–Crippen MR) is 82.2 cm³/mol. The van der Waals surface area contributed by atoms with Crippen LogP contribution in [0.4, 0.5) is 20.2 Å². The molecule has 0 fully saturated rings. The molecule has 0 aliphatic heterocycles. The molecule has 2 aromatic carbocycles. The Morgan fingerprint density at radius 3 is 2.30 bits per heavy atom. The molecule has 2 rings (SSSR count). The predicted octanol–water partition coefficient (Wildman–Crippen LogP) is 4.41. The van der Waals surface area contributed by atoms with Crippen molar-refractivity contribution in [1.29, 1.82) is 0 Å². The van der Waals surface area contributed by atoms with E-state index in [9.17, 15) is 8.78 Å². The van der Waals surface area contributed by atoms with Gasteiger partial charge in [-0.15, -0.1) is 0 Å². The fourth-order valence-electron chi connectivity index (χ4n) is 1.80. The highest BCUT2D eigenvalue weighted by atomic mass is 79.9. The summed E-state index contributed by atoms with van der Waals surface area (Å²) in [5.74, 6) is -1.12. The number of halogens is 3. The molecule has 20 heavy (non-hydrogen) atoms. The molecule has 0 amide bonds. The van der Waals surface area contributed by atoms with E-state index in [1.165, 1.54) is 12.1 Å². The second-order valence-corrected chi connectivity index (χ2v) is 5.47. The van der Waals surface area contributed by atoms with Gasteiger partial charge in [-0.3, -0.25) is 0 Å². The Balaban J connectivity index is 2.11. The monoisotopic (exact) mass is 340 g/mol. The van der Waals surface area contributed by atoms with Crippen molar-refractivity contribution < 1.29 is 8.78 Å². The van der Waals surface area contributed by atoms with Gasteiger partial charge in [0.05, 0.1) is 4.47 Å². The number of nitrogens with one attached hydrogen (secondary N) is 1. The Morgan fingerprint density at radius 2 is 1.70 bits per heavy atom. The van der Waals surface area contributed by atoms with Crippen LogP contribution in [-0.4, -0.2) is 14.1 Å². The Bertz CT molecular complexity index is 598. The summed E-state index contributed by atoms with van der Waals surface area (Å²) >= 11 is 3.06. The maximum Gasteiger partial charge on any atom is 0.145 e. The molecule has 0 aliphatic rings. The standard InChI is InChI=1S/C15H15BrF2N2/c1-20(2)11-5-3-10(4-6-11)19-9-12-14(17)8-7-13(16)15(12)18/h3-8,19H,9H2,1-2H3. The summed E-state index contributed by atoms with van der Waals surface area (Å²) in [5.41, 5.74) is 1.90. The van der Waals surface area contributed by atoms with Crippen LogP contribution in [0.5, 0.6) is 0 Å². The summed E-state index contributed by atoms with van der Waals surface area (Å²) < 4.78 is 27.7. The minimum Gasteiger partial charge on any atom is -0.381 e. The highest BCUT2D eigenvalue weighted by Gasteiger charge is 2.11. The SMILES string of the molecule is CN(C)c1ccc(NCc2c(F)ccc(Br)c2F)cc1. The van der Waals surface area contributed by atoms with Gasteiger partial charge in [0, 0.05) is 37.6 Å². The lowest BCUT2D eigenvalue weighted by Crippen LogP contribution is -2.09. The maximum absolute atomic E-state index is 13.8. The van der Waals surface area contributed by atoms with E-state index in [-0.39, 0.29) is 16.6 Å². The first-order valence-corrected chi connectivity index (χ1v) is 6.92. The molecule has 0 bridgehead atoms. The van der Waals surface area contributed by atoms with E-state index in [0.717, 1.165) is 11.4 Å². The van der Waals surface area contributed by atoms with Crippen LogP contribution in [0.15, 0.2) is 40.9 Å². The fraction of sp³-hybridized carbons (Fsp3) is 0.200. The average molecular weight is 341 g/mol. The van der Waals surface area contributed by atoms with Crippen molar-refractivity contribution in [1.82, 2.24) is 0 Å². The summed E-state index contributed by atoms with van der Waals surface area (Å²) in [6.45, 7) is 0.0957. The van der Waals surface area contributed by atoms with E-state index in [1.807, 2.05) is 43.3 Å². The van der Waals surface area contributed by atoms with E-state index >= 15 is 0 Å². The maximum atomic E-state index is 13.8. The van der Waals surface area contributed by atoms with Crippen molar-refractivity contribution in [2.75, 3.05) is 24.3 Å². The molecule has 0 unspecified atom stereocenters. The van der Waals surface area contributed by atoms with E-state index in [4.69, 9.17) is 0 Å². The molecule has 0 saturated heterocycles. The quantitative estimate of drug-likeness (QED) is 0.829. The zero-order chi connectivity index (χ0) is 14.7. The Kier molecular flexibility index (Phi) is 4.60. The largest absolute Gasteiger partial charge is 0.381 e. The number of hydrogen-bond acceptors (Lipinski definition) is 2. The first-order valence-electron chi connectivity index (χ1n) is 6.12. The van der Waals surface area contributed by atoms with Gasteiger partial charge in [0.2, 0.25) is 0 Å². The number of hydrogen-bond donors (Lipinski definition) is 1. The van der Waals surface area contributed by atoms with Gasteiger partial charge in [0.15, 0.2) is 0 Å². The van der Waals surface area contributed by atoms with Crippen molar-refractivity contribution in [3.05, 3.63) is 58.1 Å². The molecule has 2 nitrogen and oxygen atoms in total. The molecule has 0 radical (unpaired) electrons. The van der Waals surface area contributed by atoms with Crippen LogP contribution in [0, 0.1) is 11.6 Å². The first-order chi connectivity index (χ1) is 9.49. The van der Waals surface area contributed by atoms with Gasteiger partial charge in [0.1, 0.15) is 11.6 Å². The number of benzene rings is 2. The van der Waals surface area contributed by atoms with Crippen LogP contribution in [0.1, 0.15) is 5.56 Å². The van der Waals surface area contributed by atoms with Crippen molar-refractivity contribution in [3.63, 3.8) is 0 Å². The molecule has 0 atom stereocenters. The van der Waals surface area contributed by atoms with Crippen LogP contribution in [-0.2, 0) is 6.54 Å². The van der Waals surface area contributed by atoms with Gasteiger partial charge < -0.3 is 10.2 Å². The van der Waals surface area contributed by atoms with Gasteiger partial charge in [-0.25, -0.2) is 8.78 Å². The van der Waals surface area contributed by atoms with Crippen molar-refractivity contribution in [2.45, 2.75) is 6.54 Å². The molecule has 0 heterocycles. The van der Waals surface area contributed by atoms with Gasteiger partial charge in [0.25, 0.3) is 0 Å². The number of nitrogens with zero attached hydrogens (tertiary/aromatic N) is 1. The Hall–Kier alpha value is -1.62. The number of rotatable bonds is 4. The zero-order valence-corrected chi connectivity index (χ0v) is 12.8. The second-order valence-electron chi connectivity index (χ2n) is 4.62. The van der Waals surface area contributed by atoms with Crippen LogP contribution >= 0.6 is 15.9 Å². The molecular formula is C15H15BrF2N2. The van der Waals surface area contributed by atoms with E-state index in [2.05, 4.69) is 21.2 Å². The third-order valence-electron chi connectivity index (χ3n) is 2.99. The normalized spacial score (nSPS) is 10.4. The molecular weight excluding hydrogens is 326 g/mol. The third-order valence-corrected chi connectivity index (χ3v) is 3.60. The zero-order valence-electron chi connectivity index (χ0n) is 11.3. The minimum absolute atomic E-state index is 0.0241. The fourth-order valence-corrected chi connectivity index (χ4v) is 2.17. The topological polar surface area (TPSA) is 15.3 Å². The summed E-state index contributed by atoms with van der Waals surface area (Å²) in [7, 11) is 3.91. The summed E-state index contributed by atoms with van der Waals surface area (Å²) in [4.78, 5) is 1.98. The average Bonchev–Trinajstić information content (AvgIpc) is 2.43. The third kappa shape index (κ3) is 3.28. The number of anilines is 2. The van der Waals surface area contributed by atoms with E-state index in [1.54, 1.807) is 0 Å². The van der Waals surface area contributed by atoms with Gasteiger partial charge in [-0.2, -0.15) is 0 Å². The highest BCUT2D eigenvalue weighted by Crippen LogP contribution is 2.23. The van der Waals surface area contributed by atoms with Crippen LogP contribution in [0.25, 0.3) is 0 Å². The lowest BCUT2D eigenvalue weighted by atomic mass is 10.2. The van der Waals surface area contributed by atoms with Crippen molar-refractivity contribution >= 4 is 27.3 Å². The van der Waals surface area contributed by atoms with Gasteiger partial charge in [-0.1, -0.05) is 0 Å². The van der Waals surface area contributed by atoms with Crippen LogP contribution in [0.3, 0.4) is 0 Å². The van der Waals surface area contributed by atoms with Crippen molar-refractivity contribution in [2.24, 2.45) is 0 Å². The summed E-state index contributed by atoms with van der Waals surface area (Å²) in [5, 5.41) is 3.02. The smallest absolute Gasteiger partial charge is 0.145 e. The van der Waals surface area contributed by atoms with E-state index < -0.39 is 11.6 Å². The van der Waals surface area contributed by atoms with Crippen LogP contribution in [0.2, 0.25) is 0 Å². The van der Waals surface area contributed by atoms with Crippen molar-refractivity contribution in [3.8, 4) is 0 Å². The Labute approximate surface area is 125 Å². The molecule has 0 spiro atoms. The molecule has 2 aromatic rings. The lowest BCUT2D eigenvalue weighted by molar-refractivity contribution is 0.555. The molecule has 0 aromatic heterocycles. The molecule has 1 N–H and O–H groups in total. The lowest BCUT2D eigenvalue weighted by Gasteiger charge is -2.14. The minimum atomic E-state index is -0.567. The molecule has 106 valence electrons. The second kappa shape index (κ2) is 6.22. The molecule has 0 saturated carbocycles. The summed E-state index contributed by atoms with van der Waals surface area (Å²) in [6, 6.07) is 10.2. The Morgan fingerprint density at radius 1 is 1.05 bits per heavy atom. The summed E-state index contributed by atoms with van der Waals surface area (Å²) in [6.07, 6.45) is 0. The van der Waals surface area contributed by atoms with Gasteiger partial charge >= 0.3 is 0 Å². The molecule has 0 aliphatic carbocycles. The molecule has 5 heteroatoms. The van der Waals surface area contributed by atoms with Gasteiger partial charge in [-0.05, 0) is 52.3 Å². The van der Waals surface area contributed by atoms with E-state index in [0.29, 0.717) is 0 Å². The first kappa shape index (κ1) is 14.8. The highest BCUT2D eigenvalue weighted by molar-refractivity contribution is 9.10. The van der Waals surface area contributed by atoms with Crippen LogP contribution < -0.4 is 10.2 Å².